The van der Waals surface area contributed by atoms with Crippen molar-refractivity contribution in [3.8, 4) is 0 Å². The lowest BCUT2D eigenvalue weighted by atomic mass is 10.2. The van der Waals surface area contributed by atoms with E-state index in [1.807, 2.05) is 13.0 Å². The Bertz CT molecular complexity index is 719. The number of aromatic nitrogens is 1. The molecule has 7 heteroatoms. The fraction of sp³-hybridized carbons (Fsp3) is 0.0833. The fourth-order valence-electron chi connectivity index (χ4n) is 1.43. The summed E-state index contributed by atoms with van der Waals surface area (Å²) in [5, 5.41) is 0.133. The second-order valence-electron chi connectivity index (χ2n) is 3.88. The number of nitrogens with one attached hydrogen (secondary N) is 1. The van der Waals surface area contributed by atoms with Gasteiger partial charge < -0.3 is 0 Å². The number of pyridine rings is 1. The van der Waals surface area contributed by atoms with Crippen LogP contribution in [-0.4, -0.2) is 13.4 Å². The number of benzene rings is 1. The van der Waals surface area contributed by atoms with Crippen molar-refractivity contribution in [3.63, 3.8) is 0 Å². The van der Waals surface area contributed by atoms with E-state index in [4.69, 9.17) is 11.6 Å². The SMILES string of the molecule is Cc1ccc(NS(=O)(=O)c2cnccc2Cl)cc1Br. The number of hydrogen-bond acceptors (Lipinski definition) is 3. The molecule has 19 heavy (non-hydrogen) atoms. The van der Waals surface area contributed by atoms with Crippen molar-refractivity contribution in [1.29, 1.82) is 0 Å². The average Bonchev–Trinajstić information content (AvgIpc) is 2.34. The van der Waals surface area contributed by atoms with Crippen LogP contribution in [0.4, 0.5) is 5.69 Å². The Kier molecular flexibility index (Phi) is 4.13. The van der Waals surface area contributed by atoms with E-state index in [0.29, 0.717) is 5.69 Å². The molecule has 0 aliphatic carbocycles. The van der Waals surface area contributed by atoms with E-state index in [1.165, 1.54) is 18.5 Å². The van der Waals surface area contributed by atoms with Crippen LogP contribution in [0, 0.1) is 6.92 Å². The van der Waals surface area contributed by atoms with E-state index in [2.05, 4.69) is 25.6 Å². The molecule has 2 aromatic rings. The number of nitrogens with zero attached hydrogens (tertiary/aromatic N) is 1. The van der Waals surface area contributed by atoms with Gasteiger partial charge in [-0.2, -0.15) is 0 Å². The van der Waals surface area contributed by atoms with E-state index < -0.39 is 10.0 Å². The van der Waals surface area contributed by atoms with Crippen LogP contribution in [0.3, 0.4) is 0 Å². The van der Waals surface area contributed by atoms with Gasteiger partial charge in [0.2, 0.25) is 0 Å². The highest BCUT2D eigenvalue weighted by atomic mass is 79.9. The Morgan fingerprint density at radius 2 is 2.05 bits per heavy atom. The lowest BCUT2D eigenvalue weighted by Gasteiger charge is -2.10. The molecule has 1 aromatic carbocycles. The van der Waals surface area contributed by atoms with E-state index in [1.54, 1.807) is 12.1 Å². The second kappa shape index (κ2) is 5.48. The zero-order valence-corrected chi connectivity index (χ0v) is 13.1. The molecule has 0 unspecified atom stereocenters. The summed E-state index contributed by atoms with van der Waals surface area (Å²) in [6, 6.07) is 6.62. The van der Waals surface area contributed by atoms with E-state index in [9.17, 15) is 8.42 Å². The van der Waals surface area contributed by atoms with Gasteiger partial charge in [0.05, 0.1) is 5.02 Å². The van der Waals surface area contributed by atoms with Crippen molar-refractivity contribution in [2.75, 3.05) is 4.72 Å². The number of sulfonamides is 1. The molecule has 0 bridgehead atoms. The predicted octanol–water partition coefficient (Wildman–Crippen LogP) is 3.61. The van der Waals surface area contributed by atoms with Crippen LogP contribution in [0.5, 0.6) is 0 Å². The van der Waals surface area contributed by atoms with Crippen molar-refractivity contribution in [2.24, 2.45) is 0 Å². The van der Waals surface area contributed by atoms with Crippen LogP contribution in [0.2, 0.25) is 5.02 Å². The van der Waals surface area contributed by atoms with Crippen LogP contribution in [0.15, 0.2) is 46.0 Å². The monoisotopic (exact) mass is 360 g/mol. The smallest absolute Gasteiger partial charge is 0.264 e. The lowest BCUT2D eigenvalue weighted by Crippen LogP contribution is -2.13. The van der Waals surface area contributed by atoms with Crippen LogP contribution in [-0.2, 0) is 10.0 Å². The normalized spacial score (nSPS) is 11.3. The summed E-state index contributed by atoms with van der Waals surface area (Å²) in [6.07, 6.45) is 2.65. The minimum atomic E-state index is -3.74. The molecule has 1 heterocycles. The standard InChI is InChI=1S/C12H10BrClN2O2S/c1-8-2-3-9(6-10(8)13)16-19(17,18)12-7-15-5-4-11(12)14/h2-7,16H,1H3. The zero-order valence-electron chi connectivity index (χ0n) is 9.89. The molecule has 0 aliphatic heterocycles. The maximum absolute atomic E-state index is 12.2. The number of hydrogen-bond donors (Lipinski definition) is 1. The largest absolute Gasteiger partial charge is 0.280 e. The molecule has 1 N–H and O–H groups in total. The van der Waals surface area contributed by atoms with Gasteiger partial charge in [-0.3, -0.25) is 9.71 Å². The fourth-order valence-corrected chi connectivity index (χ4v) is 3.29. The van der Waals surface area contributed by atoms with Gasteiger partial charge in [0.25, 0.3) is 10.0 Å². The molecule has 100 valence electrons. The van der Waals surface area contributed by atoms with Gasteiger partial charge in [-0.15, -0.1) is 0 Å². The molecule has 0 radical (unpaired) electrons. The van der Waals surface area contributed by atoms with Crippen LogP contribution in [0.25, 0.3) is 0 Å². The summed E-state index contributed by atoms with van der Waals surface area (Å²) < 4.78 is 27.6. The molecular weight excluding hydrogens is 352 g/mol. The molecule has 2 rings (SSSR count). The van der Waals surface area contributed by atoms with Gasteiger partial charge in [0, 0.05) is 22.6 Å². The highest BCUT2D eigenvalue weighted by molar-refractivity contribution is 9.10. The Morgan fingerprint density at radius 3 is 2.68 bits per heavy atom. The molecule has 0 saturated heterocycles. The summed E-state index contributed by atoms with van der Waals surface area (Å²) >= 11 is 9.21. The maximum Gasteiger partial charge on any atom is 0.264 e. The van der Waals surface area contributed by atoms with Crippen LogP contribution in [0.1, 0.15) is 5.56 Å². The minimum Gasteiger partial charge on any atom is -0.280 e. The Balaban J connectivity index is 2.37. The number of rotatable bonds is 3. The minimum absolute atomic E-state index is 0.0478. The first-order chi connectivity index (χ1) is 8.90. The van der Waals surface area contributed by atoms with Gasteiger partial charge in [0.1, 0.15) is 4.90 Å². The molecule has 1 aromatic heterocycles. The maximum atomic E-state index is 12.2. The van der Waals surface area contributed by atoms with E-state index in [0.717, 1.165) is 10.0 Å². The van der Waals surface area contributed by atoms with Crippen molar-refractivity contribution >= 4 is 43.2 Å². The van der Waals surface area contributed by atoms with Crippen LogP contribution >= 0.6 is 27.5 Å². The van der Waals surface area contributed by atoms with E-state index >= 15 is 0 Å². The van der Waals surface area contributed by atoms with Gasteiger partial charge in [-0.1, -0.05) is 33.6 Å². The summed E-state index contributed by atoms with van der Waals surface area (Å²) in [4.78, 5) is 3.72. The third kappa shape index (κ3) is 3.26. The molecule has 4 nitrogen and oxygen atoms in total. The van der Waals surface area contributed by atoms with Gasteiger partial charge >= 0.3 is 0 Å². The molecule has 0 atom stereocenters. The topological polar surface area (TPSA) is 59.1 Å². The Morgan fingerprint density at radius 1 is 1.32 bits per heavy atom. The van der Waals surface area contributed by atoms with Gasteiger partial charge in [-0.05, 0) is 30.7 Å². The summed E-state index contributed by atoms with van der Waals surface area (Å²) in [5.74, 6) is 0. The number of aryl methyl sites for hydroxylation is 1. The number of anilines is 1. The molecule has 0 saturated carbocycles. The van der Waals surface area contributed by atoms with Crippen LogP contribution < -0.4 is 4.72 Å². The quantitative estimate of drug-likeness (QED) is 0.908. The molecule has 0 amide bonds. The summed E-state index contributed by atoms with van der Waals surface area (Å²) in [6.45, 7) is 1.92. The Labute approximate surface area is 125 Å². The van der Waals surface area contributed by atoms with E-state index in [-0.39, 0.29) is 9.92 Å². The third-order valence-electron chi connectivity index (χ3n) is 2.45. The highest BCUT2D eigenvalue weighted by Gasteiger charge is 2.18. The first kappa shape index (κ1) is 14.3. The first-order valence-electron chi connectivity index (χ1n) is 5.28. The summed E-state index contributed by atoms with van der Waals surface area (Å²) in [7, 11) is -3.74. The summed E-state index contributed by atoms with van der Waals surface area (Å²) in [5.41, 5.74) is 1.47. The molecular formula is C12H10BrClN2O2S. The second-order valence-corrected chi connectivity index (χ2v) is 6.79. The first-order valence-corrected chi connectivity index (χ1v) is 7.94. The highest BCUT2D eigenvalue weighted by Crippen LogP contribution is 2.25. The van der Waals surface area contributed by atoms with Crippen molar-refractivity contribution < 1.29 is 8.42 Å². The molecule has 0 aliphatic rings. The van der Waals surface area contributed by atoms with Crippen molar-refractivity contribution in [3.05, 3.63) is 51.7 Å². The zero-order chi connectivity index (χ0) is 14.0. The number of halogens is 2. The predicted molar refractivity (Wildman–Crippen MR) is 78.9 cm³/mol. The van der Waals surface area contributed by atoms with Crippen molar-refractivity contribution in [1.82, 2.24) is 4.98 Å². The third-order valence-corrected chi connectivity index (χ3v) is 5.15. The van der Waals surface area contributed by atoms with Crippen molar-refractivity contribution in [2.45, 2.75) is 11.8 Å². The molecule has 0 fully saturated rings. The lowest BCUT2D eigenvalue weighted by molar-refractivity contribution is 0.601. The molecule has 0 spiro atoms. The van der Waals surface area contributed by atoms with Gasteiger partial charge in [-0.25, -0.2) is 8.42 Å². The average molecular weight is 362 g/mol. The van der Waals surface area contributed by atoms with Gasteiger partial charge in [0.15, 0.2) is 0 Å². The Hall–Kier alpha value is -1.11.